The second-order valence-corrected chi connectivity index (χ2v) is 3.96. The van der Waals surface area contributed by atoms with Crippen molar-refractivity contribution < 1.29 is 4.79 Å². The Morgan fingerprint density at radius 1 is 1.35 bits per heavy atom. The van der Waals surface area contributed by atoms with Crippen LogP contribution in [0.2, 0.25) is 0 Å². The second-order valence-electron chi connectivity index (χ2n) is 3.96. The molecule has 0 aromatic heterocycles. The highest BCUT2D eigenvalue weighted by Gasteiger charge is 1.99. The number of anilines is 1. The minimum Gasteiger partial charge on any atom is -0.326 e. The summed E-state index contributed by atoms with van der Waals surface area (Å²) in [6.07, 6.45) is 2.15. The Hall–Kier alpha value is -1.61. The Labute approximate surface area is 103 Å². The number of hydrogen-bond donors (Lipinski definition) is 2. The SMILES string of the molecule is CCNC/C=C(\C)c1cccc(NC(C)=O)c1. The number of benzene rings is 1. The summed E-state index contributed by atoms with van der Waals surface area (Å²) in [5.41, 5.74) is 3.18. The van der Waals surface area contributed by atoms with Gasteiger partial charge in [-0.1, -0.05) is 25.1 Å². The number of nitrogens with one attached hydrogen (secondary N) is 2. The third kappa shape index (κ3) is 4.83. The highest BCUT2D eigenvalue weighted by Crippen LogP contribution is 2.17. The smallest absolute Gasteiger partial charge is 0.221 e. The van der Waals surface area contributed by atoms with Crippen LogP contribution in [0.3, 0.4) is 0 Å². The molecule has 0 saturated carbocycles. The van der Waals surface area contributed by atoms with Gasteiger partial charge >= 0.3 is 0 Å². The molecule has 0 atom stereocenters. The molecule has 0 heterocycles. The number of rotatable bonds is 5. The number of amides is 1. The number of carbonyl (C=O) groups is 1. The zero-order chi connectivity index (χ0) is 12.7. The van der Waals surface area contributed by atoms with E-state index in [1.54, 1.807) is 0 Å². The summed E-state index contributed by atoms with van der Waals surface area (Å²) >= 11 is 0. The van der Waals surface area contributed by atoms with E-state index in [0.29, 0.717) is 0 Å². The summed E-state index contributed by atoms with van der Waals surface area (Å²) in [5, 5.41) is 6.04. The standard InChI is InChI=1S/C14H20N2O/c1-4-15-9-8-11(2)13-6-5-7-14(10-13)16-12(3)17/h5-8,10,15H,4,9H2,1-3H3,(H,16,17)/b11-8+. The van der Waals surface area contributed by atoms with Crippen LogP contribution < -0.4 is 10.6 Å². The molecule has 92 valence electrons. The van der Waals surface area contributed by atoms with Crippen LogP contribution in [0.15, 0.2) is 30.3 Å². The van der Waals surface area contributed by atoms with Crippen LogP contribution in [-0.4, -0.2) is 19.0 Å². The van der Waals surface area contributed by atoms with E-state index in [-0.39, 0.29) is 5.91 Å². The summed E-state index contributed by atoms with van der Waals surface area (Å²) in [5.74, 6) is -0.0450. The maximum Gasteiger partial charge on any atom is 0.221 e. The van der Waals surface area contributed by atoms with E-state index in [0.717, 1.165) is 24.3 Å². The van der Waals surface area contributed by atoms with E-state index in [2.05, 4.69) is 30.6 Å². The maximum absolute atomic E-state index is 11.0. The number of allylic oxidation sites excluding steroid dienone is 1. The number of hydrogen-bond acceptors (Lipinski definition) is 2. The van der Waals surface area contributed by atoms with E-state index < -0.39 is 0 Å². The first kappa shape index (κ1) is 13.5. The average Bonchev–Trinajstić information content (AvgIpc) is 2.28. The van der Waals surface area contributed by atoms with Gasteiger partial charge in [0.15, 0.2) is 0 Å². The summed E-state index contributed by atoms with van der Waals surface area (Å²) in [4.78, 5) is 11.0. The van der Waals surface area contributed by atoms with Gasteiger partial charge in [0, 0.05) is 19.2 Å². The summed E-state index contributed by atoms with van der Waals surface area (Å²) in [6, 6.07) is 7.87. The fourth-order valence-corrected chi connectivity index (χ4v) is 1.53. The fourth-order valence-electron chi connectivity index (χ4n) is 1.53. The maximum atomic E-state index is 11.0. The van der Waals surface area contributed by atoms with Crippen LogP contribution in [0.5, 0.6) is 0 Å². The van der Waals surface area contributed by atoms with Gasteiger partial charge in [0.05, 0.1) is 0 Å². The Morgan fingerprint density at radius 3 is 2.76 bits per heavy atom. The van der Waals surface area contributed by atoms with E-state index in [4.69, 9.17) is 0 Å². The molecule has 0 fully saturated rings. The molecule has 0 saturated heterocycles. The Bertz CT molecular complexity index is 410. The molecule has 0 radical (unpaired) electrons. The molecule has 2 N–H and O–H groups in total. The molecule has 0 bridgehead atoms. The zero-order valence-corrected chi connectivity index (χ0v) is 10.7. The molecule has 0 unspecified atom stereocenters. The van der Waals surface area contributed by atoms with Crippen molar-refractivity contribution >= 4 is 17.2 Å². The molecule has 1 rings (SSSR count). The first-order chi connectivity index (χ1) is 8.13. The number of carbonyl (C=O) groups excluding carboxylic acids is 1. The minimum absolute atomic E-state index is 0.0450. The van der Waals surface area contributed by atoms with Gasteiger partial charge in [-0.3, -0.25) is 4.79 Å². The first-order valence-corrected chi connectivity index (χ1v) is 5.89. The Morgan fingerprint density at radius 2 is 2.12 bits per heavy atom. The van der Waals surface area contributed by atoms with E-state index in [9.17, 15) is 4.79 Å². The minimum atomic E-state index is -0.0450. The van der Waals surface area contributed by atoms with Gasteiger partial charge in [-0.15, -0.1) is 0 Å². The predicted molar refractivity (Wildman–Crippen MR) is 72.9 cm³/mol. The molecule has 17 heavy (non-hydrogen) atoms. The quantitative estimate of drug-likeness (QED) is 0.766. The molecular formula is C14H20N2O. The van der Waals surface area contributed by atoms with Crippen molar-refractivity contribution in [1.82, 2.24) is 5.32 Å². The van der Waals surface area contributed by atoms with E-state index in [1.165, 1.54) is 12.5 Å². The Kier molecular flexibility index (Phi) is 5.43. The molecule has 3 nitrogen and oxygen atoms in total. The van der Waals surface area contributed by atoms with Crippen LogP contribution in [-0.2, 0) is 4.79 Å². The van der Waals surface area contributed by atoms with Gasteiger partial charge in [-0.05, 0) is 36.7 Å². The van der Waals surface area contributed by atoms with Crippen LogP contribution in [0, 0.1) is 0 Å². The third-order valence-corrected chi connectivity index (χ3v) is 2.44. The lowest BCUT2D eigenvalue weighted by Crippen LogP contribution is -2.12. The van der Waals surface area contributed by atoms with Crippen molar-refractivity contribution in [3.8, 4) is 0 Å². The van der Waals surface area contributed by atoms with Crippen molar-refractivity contribution in [1.29, 1.82) is 0 Å². The summed E-state index contributed by atoms with van der Waals surface area (Å²) in [7, 11) is 0. The topological polar surface area (TPSA) is 41.1 Å². The summed E-state index contributed by atoms with van der Waals surface area (Å²) < 4.78 is 0. The highest BCUT2D eigenvalue weighted by molar-refractivity contribution is 5.89. The Balaban J connectivity index is 2.76. The molecule has 0 aliphatic carbocycles. The third-order valence-electron chi connectivity index (χ3n) is 2.44. The van der Waals surface area contributed by atoms with Crippen molar-refractivity contribution in [2.45, 2.75) is 20.8 Å². The molecule has 1 amide bonds. The zero-order valence-electron chi connectivity index (χ0n) is 10.7. The van der Waals surface area contributed by atoms with Crippen molar-refractivity contribution in [2.24, 2.45) is 0 Å². The summed E-state index contributed by atoms with van der Waals surface area (Å²) in [6.45, 7) is 7.51. The molecule has 0 aliphatic heterocycles. The van der Waals surface area contributed by atoms with Gasteiger partial charge in [-0.2, -0.15) is 0 Å². The molecule has 0 aliphatic rings. The normalized spacial score (nSPS) is 11.4. The predicted octanol–water partition coefficient (Wildman–Crippen LogP) is 2.66. The van der Waals surface area contributed by atoms with E-state index >= 15 is 0 Å². The highest BCUT2D eigenvalue weighted by atomic mass is 16.1. The van der Waals surface area contributed by atoms with Crippen molar-refractivity contribution in [3.63, 3.8) is 0 Å². The van der Waals surface area contributed by atoms with Gasteiger partial charge < -0.3 is 10.6 Å². The van der Waals surface area contributed by atoms with Crippen LogP contribution >= 0.6 is 0 Å². The van der Waals surface area contributed by atoms with Crippen LogP contribution in [0.25, 0.3) is 5.57 Å². The lowest BCUT2D eigenvalue weighted by molar-refractivity contribution is -0.114. The first-order valence-electron chi connectivity index (χ1n) is 5.89. The number of likely N-dealkylation sites (N-methyl/N-ethyl adjacent to an activating group) is 1. The molecule has 3 heteroatoms. The molecule has 0 spiro atoms. The average molecular weight is 232 g/mol. The van der Waals surface area contributed by atoms with Gasteiger partial charge in [-0.25, -0.2) is 0 Å². The second kappa shape index (κ2) is 6.86. The fraction of sp³-hybridized carbons (Fsp3) is 0.357. The van der Waals surface area contributed by atoms with E-state index in [1.807, 2.05) is 24.3 Å². The monoisotopic (exact) mass is 232 g/mol. The molecule has 1 aromatic carbocycles. The van der Waals surface area contributed by atoms with Crippen LogP contribution in [0.4, 0.5) is 5.69 Å². The lowest BCUT2D eigenvalue weighted by atomic mass is 10.1. The van der Waals surface area contributed by atoms with Crippen LogP contribution in [0.1, 0.15) is 26.3 Å². The lowest BCUT2D eigenvalue weighted by Gasteiger charge is -2.06. The molecule has 1 aromatic rings. The molecular weight excluding hydrogens is 212 g/mol. The van der Waals surface area contributed by atoms with Crippen molar-refractivity contribution in [2.75, 3.05) is 18.4 Å². The van der Waals surface area contributed by atoms with Crippen molar-refractivity contribution in [3.05, 3.63) is 35.9 Å². The van der Waals surface area contributed by atoms with Gasteiger partial charge in [0.1, 0.15) is 0 Å². The van der Waals surface area contributed by atoms with Gasteiger partial charge in [0.2, 0.25) is 5.91 Å². The van der Waals surface area contributed by atoms with Gasteiger partial charge in [0.25, 0.3) is 0 Å². The largest absolute Gasteiger partial charge is 0.326 e.